The summed E-state index contributed by atoms with van der Waals surface area (Å²) >= 11 is 1.17. The van der Waals surface area contributed by atoms with Gasteiger partial charge in [-0.25, -0.2) is 13.4 Å². The van der Waals surface area contributed by atoms with Gasteiger partial charge in [-0.15, -0.1) is 11.8 Å². The number of nitrogens with zero attached hydrogens (tertiary/aromatic N) is 3. The molecule has 0 atom stereocenters. The number of ketones is 1. The molecule has 3 rings (SSSR count). The minimum atomic E-state index is -4.28. The van der Waals surface area contributed by atoms with Gasteiger partial charge < -0.3 is 10.1 Å². The average Bonchev–Trinajstić information content (AvgIpc) is 2.89. The van der Waals surface area contributed by atoms with Crippen molar-refractivity contribution in [1.29, 1.82) is 5.26 Å². The van der Waals surface area contributed by atoms with Crippen molar-refractivity contribution in [3.05, 3.63) is 47.0 Å². The Bertz CT molecular complexity index is 1250. The van der Waals surface area contributed by atoms with Gasteiger partial charge >= 0.3 is 0 Å². The van der Waals surface area contributed by atoms with Gasteiger partial charge in [0.2, 0.25) is 15.9 Å². The summed E-state index contributed by atoms with van der Waals surface area (Å²) in [6.07, 6.45) is 3.54. The lowest BCUT2D eigenvalue weighted by Crippen LogP contribution is -2.45. The summed E-state index contributed by atoms with van der Waals surface area (Å²) in [6, 6.07) is 9.83. The second-order valence-corrected chi connectivity index (χ2v) is 11.0. The zero-order valence-electron chi connectivity index (χ0n) is 20.6. The maximum Gasteiger partial charge on any atom is 0.247 e. The van der Waals surface area contributed by atoms with Crippen LogP contribution < -0.4 is 14.4 Å². The van der Waals surface area contributed by atoms with Crippen LogP contribution in [-0.4, -0.2) is 51.5 Å². The number of pyridine rings is 1. The quantitative estimate of drug-likeness (QED) is 0.362. The Labute approximate surface area is 216 Å². The summed E-state index contributed by atoms with van der Waals surface area (Å²) in [5.41, 5.74) is 0.580. The van der Waals surface area contributed by atoms with Crippen LogP contribution in [0, 0.1) is 17.2 Å². The fraction of sp³-hybridized carbons (Fsp3) is 0.440. The second-order valence-electron chi connectivity index (χ2n) is 8.43. The Hall–Kier alpha value is -2.94. The van der Waals surface area contributed by atoms with Crippen LogP contribution in [0.1, 0.15) is 54.1 Å². The van der Waals surface area contributed by atoms with Crippen LogP contribution in [0.25, 0.3) is 0 Å². The number of methoxy groups -OCH3 is 1. The molecule has 1 saturated heterocycles. The van der Waals surface area contributed by atoms with Gasteiger partial charge in [-0.3, -0.25) is 9.59 Å². The number of nitriles is 1. The molecule has 2 heterocycles. The Kier molecular flexibility index (Phi) is 9.48. The fourth-order valence-corrected chi connectivity index (χ4v) is 6.19. The molecule has 9 nitrogen and oxygen atoms in total. The molecule has 2 aromatic rings. The molecular formula is C25H30N4O5S2. The van der Waals surface area contributed by atoms with Crippen LogP contribution >= 0.6 is 11.8 Å². The molecule has 36 heavy (non-hydrogen) atoms. The number of carbonyl (C=O) groups excluding carboxylic acids is 2. The van der Waals surface area contributed by atoms with E-state index < -0.39 is 27.6 Å². The van der Waals surface area contributed by atoms with Crippen LogP contribution in [0.3, 0.4) is 0 Å². The molecule has 1 N–H and O–H groups in total. The summed E-state index contributed by atoms with van der Waals surface area (Å²) in [5, 5.41) is 13.4. The number of anilines is 1. The number of thioether (sulfide) groups is 1. The number of hydrogen-bond donors (Lipinski definition) is 1. The molecule has 1 aromatic heterocycles. The highest BCUT2D eigenvalue weighted by molar-refractivity contribution is 7.98. The van der Waals surface area contributed by atoms with Crippen LogP contribution in [-0.2, 0) is 20.6 Å². The molecule has 1 aliphatic heterocycles. The number of Topliss-reactive ketones (excluding diaryl/α,β-unsaturated/α-hetero) is 1. The highest BCUT2D eigenvalue weighted by Crippen LogP contribution is 2.32. The van der Waals surface area contributed by atoms with E-state index in [0.717, 1.165) is 0 Å². The number of nitrogens with one attached hydrogen (secondary N) is 1. The largest absolute Gasteiger partial charge is 0.497 e. The first-order valence-electron chi connectivity index (χ1n) is 11.7. The predicted molar refractivity (Wildman–Crippen MR) is 139 cm³/mol. The Balaban J connectivity index is 2.14. The number of ether oxygens (including phenoxy) is 1. The van der Waals surface area contributed by atoms with E-state index in [1.807, 2.05) is 13.0 Å². The molecule has 11 heteroatoms. The second kappa shape index (κ2) is 12.3. The van der Waals surface area contributed by atoms with Crippen LogP contribution in [0.15, 0.2) is 35.4 Å². The molecule has 1 aromatic carbocycles. The van der Waals surface area contributed by atoms with Gasteiger partial charge in [-0.1, -0.05) is 19.1 Å². The Morgan fingerprint density at radius 1 is 1.25 bits per heavy atom. The van der Waals surface area contributed by atoms with Gasteiger partial charge in [0.1, 0.15) is 16.8 Å². The monoisotopic (exact) mass is 530 g/mol. The van der Waals surface area contributed by atoms with Crippen LogP contribution in [0.4, 0.5) is 5.82 Å². The van der Waals surface area contributed by atoms with E-state index in [0.29, 0.717) is 48.0 Å². The zero-order chi connectivity index (χ0) is 26.3. The number of sulfonamides is 1. The smallest absolute Gasteiger partial charge is 0.247 e. The highest BCUT2D eigenvalue weighted by atomic mass is 32.2. The van der Waals surface area contributed by atoms with E-state index in [4.69, 9.17) is 4.74 Å². The third-order valence-electron chi connectivity index (χ3n) is 5.93. The van der Waals surface area contributed by atoms with Crippen molar-refractivity contribution in [2.45, 2.75) is 43.4 Å². The summed E-state index contributed by atoms with van der Waals surface area (Å²) in [4.78, 5) is 30.8. The van der Waals surface area contributed by atoms with Gasteiger partial charge in [0.15, 0.2) is 11.6 Å². The summed E-state index contributed by atoms with van der Waals surface area (Å²) in [5.74, 6) is -1.49. The van der Waals surface area contributed by atoms with Crippen molar-refractivity contribution in [2.24, 2.45) is 5.92 Å². The first-order chi connectivity index (χ1) is 17.2. The molecule has 192 valence electrons. The van der Waals surface area contributed by atoms with Gasteiger partial charge in [0, 0.05) is 12.3 Å². The third-order valence-corrected chi connectivity index (χ3v) is 8.23. The maximum absolute atomic E-state index is 13.8. The van der Waals surface area contributed by atoms with E-state index in [2.05, 4.69) is 10.3 Å². The molecule has 0 saturated carbocycles. The van der Waals surface area contributed by atoms with Gasteiger partial charge in [-0.2, -0.15) is 9.57 Å². The van der Waals surface area contributed by atoms with Crippen molar-refractivity contribution in [1.82, 2.24) is 10.3 Å². The first kappa shape index (κ1) is 27.6. The minimum absolute atomic E-state index is 0.132. The molecular weight excluding hydrogens is 500 g/mol. The van der Waals surface area contributed by atoms with Crippen LogP contribution in [0.2, 0.25) is 0 Å². The lowest BCUT2D eigenvalue weighted by molar-refractivity contribution is -0.121. The lowest BCUT2D eigenvalue weighted by Gasteiger charge is -2.29. The molecule has 1 fully saturated rings. The predicted octanol–water partition coefficient (Wildman–Crippen LogP) is 3.53. The van der Waals surface area contributed by atoms with Gasteiger partial charge in [0.25, 0.3) is 0 Å². The molecule has 1 amide bonds. The van der Waals surface area contributed by atoms with Gasteiger partial charge in [0.05, 0.1) is 24.0 Å². The van der Waals surface area contributed by atoms with Crippen molar-refractivity contribution in [2.75, 3.05) is 30.8 Å². The lowest BCUT2D eigenvalue weighted by atomic mass is 9.97. The number of piperidine rings is 1. The van der Waals surface area contributed by atoms with E-state index in [1.54, 1.807) is 30.5 Å². The Morgan fingerprint density at radius 2 is 1.92 bits per heavy atom. The van der Waals surface area contributed by atoms with E-state index in [9.17, 15) is 23.3 Å². The average molecular weight is 531 g/mol. The number of rotatable bonds is 10. The number of hydrogen-bond acceptors (Lipinski definition) is 9. The normalized spacial score (nSPS) is 14.2. The maximum atomic E-state index is 13.8. The first-order valence-corrected chi connectivity index (χ1v) is 14.5. The van der Waals surface area contributed by atoms with Crippen molar-refractivity contribution >= 4 is 39.3 Å². The molecule has 0 unspecified atom stereocenters. The number of carbonyl (C=O) groups is 2. The fourth-order valence-electron chi connectivity index (χ4n) is 4.05. The number of aromatic nitrogens is 1. The standard InChI is InChI=1S/C25H30N4O5S2/c1-4-5-22(30)21-14-19(15-26)23(28-24(21)35-3)29(25(31)18-10-12-27-13-11-18)36(32,33)16-17-6-8-20(34-2)9-7-17/h6-9,14,18,27H,4-5,10-13,16H2,1-3H3. The Morgan fingerprint density at radius 3 is 2.47 bits per heavy atom. The molecule has 1 aliphatic rings. The SMILES string of the molecule is CCCC(=O)c1cc(C#N)c(N(C(=O)C2CCNCC2)S(=O)(=O)Cc2ccc(OC)cc2)nc1SC. The van der Waals surface area contributed by atoms with E-state index in [-0.39, 0.29) is 34.2 Å². The zero-order valence-corrected chi connectivity index (χ0v) is 22.2. The number of benzene rings is 1. The van der Waals surface area contributed by atoms with Crippen molar-refractivity contribution < 1.29 is 22.7 Å². The highest BCUT2D eigenvalue weighted by Gasteiger charge is 2.38. The van der Waals surface area contributed by atoms with E-state index >= 15 is 0 Å². The summed E-state index contributed by atoms with van der Waals surface area (Å²) in [6.45, 7) is 3.04. The summed E-state index contributed by atoms with van der Waals surface area (Å²) < 4.78 is 33.4. The molecule has 0 aliphatic carbocycles. The molecule has 0 bridgehead atoms. The molecule has 0 radical (unpaired) electrons. The summed E-state index contributed by atoms with van der Waals surface area (Å²) in [7, 11) is -2.77. The third kappa shape index (κ3) is 6.24. The minimum Gasteiger partial charge on any atom is -0.497 e. The molecule has 0 spiro atoms. The topological polar surface area (TPSA) is 129 Å². The van der Waals surface area contributed by atoms with Crippen LogP contribution in [0.5, 0.6) is 5.75 Å². The van der Waals surface area contributed by atoms with Gasteiger partial charge in [-0.05, 0) is 62.4 Å². The van der Waals surface area contributed by atoms with Crippen molar-refractivity contribution in [3.63, 3.8) is 0 Å². The van der Waals surface area contributed by atoms with Crippen molar-refractivity contribution in [3.8, 4) is 11.8 Å². The number of amides is 1. The van der Waals surface area contributed by atoms with E-state index in [1.165, 1.54) is 24.9 Å².